The van der Waals surface area contributed by atoms with Gasteiger partial charge in [0.15, 0.2) is 0 Å². The van der Waals surface area contributed by atoms with Gasteiger partial charge in [-0.2, -0.15) is 0 Å². The fourth-order valence-corrected chi connectivity index (χ4v) is 4.96. The first-order valence-corrected chi connectivity index (χ1v) is 11.0. The second kappa shape index (κ2) is 8.07. The minimum atomic E-state index is 0.330. The summed E-state index contributed by atoms with van der Waals surface area (Å²) < 4.78 is 0. The van der Waals surface area contributed by atoms with Gasteiger partial charge < -0.3 is 25.1 Å². The summed E-state index contributed by atoms with van der Waals surface area (Å²) in [7, 11) is 0. The number of phenols is 2. The van der Waals surface area contributed by atoms with E-state index in [4.69, 9.17) is 0 Å². The monoisotopic (exact) mass is 403 g/mol. The van der Waals surface area contributed by atoms with Crippen LogP contribution in [0.15, 0.2) is 48.8 Å². The summed E-state index contributed by atoms with van der Waals surface area (Å²) in [5, 5.41) is 21.9. The van der Waals surface area contributed by atoms with Crippen molar-refractivity contribution >= 4 is 21.8 Å². The van der Waals surface area contributed by atoms with Crippen LogP contribution in [-0.4, -0.2) is 44.7 Å². The third kappa shape index (κ3) is 3.77. The SMILES string of the molecule is Oc1ccc2[nH]cc(CCCCN3CCC(c4c[nH]c5ccc(O)cc45)CC3)c2c1. The average Bonchev–Trinajstić information content (AvgIpc) is 3.35. The molecule has 0 amide bonds. The van der Waals surface area contributed by atoms with Crippen LogP contribution in [0.3, 0.4) is 0 Å². The molecule has 2 aromatic carbocycles. The molecule has 4 N–H and O–H groups in total. The Kier molecular flexibility index (Phi) is 5.13. The van der Waals surface area contributed by atoms with E-state index in [9.17, 15) is 10.2 Å². The van der Waals surface area contributed by atoms with E-state index in [1.807, 2.05) is 24.3 Å². The molecule has 0 atom stereocenters. The Morgan fingerprint density at radius 1 is 0.833 bits per heavy atom. The van der Waals surface area contributed by atoms with Gasteiger partial charge in [0.25, 0.3) is 0 Å². The van der Waals surface area contributed by atoms with Crippen LogP contribution in [0.4, 0.5) is 0 Å². The Morgan fingerprint density at radius 3 is 2.27 bits per heavy atom. The Balaban J connectivity index is 1.11. The summed E-state index contributed by atoms with van der Waals surface area (Å²) >= 11 is 0. The van der Waals surface area contributed by atoms with Crippen LogP contribution >= 0.6 is 0 Å². The van der Waals surface area contributed by atoms with Gasteiger partial charge in [-0.3, -0.25) is 0 Å². The predicted octanol–water partition coefficient (Wildman–Crippen LogP) is 5.26. The minimum absolute atomic E-state index is 0.330. The fraction of sp³-hybridized carbons (Fsp3) is 0.360. The van der Waals surface area contributed by atoms with E-state index < -0.39 is 0 Å². The summed E-state index contributed by atoms with van der Waals surface area (Å²) in [4.78, 5) is 9.24. The van der Waals surface area contributed by atoms with E-state index >= 15 is 0 Å². The molecule has 0 unspecified atom stereocenters. The summed E-state index contributed by atoms with van der Waals surface area (Å²) in [6.07, 6.45) is 9.94. The molecule has 0 spiro atoms. The molecule has 1 saturated heterocycles. The van der Waals surface area contributed by atoms with Crippen molar-refractivity contribution in [2.24, 2.45) is 0 Å². The molecule has 1 aliphatic heterocycles. The molecule has 0 aliphatic carbocycles. The molecule has 3 heterocycles. The van der Waals surface area contributed by atoms with Crippen molar-refractivity contribution in [1.29, 1.82) is 0 Å². The Bertz CT molecular complexity index is 1150. The molecule has 2 aromatic heterocycles. The standard InChI is InChI=1S/C25H29N3O2/c29-19-4-6-24-21(13-19)18(15-26-24)3-1-2-10-28-11-8-17(9-12-28)23-16-27-25-7-5-20(30)14-22(23)25/h4-7,13-17,26-27,29-30H,1-3,8-12H2. The number of nitrogens with zero attached hydrogens (tertiary/aromatic N) is 1. The number of phenolic OH excluding ortho intramolecular Hbond substituents is 2. The molecule has 0 radical (unpaired) electrons. The van der Waals surface area contributed by atoms with Gasteiger partial charge in [0, 0.05) is 34.2 Å². The second-order valence-corrected chi connectivity index (χ2v) is 8.59. The largest absolute Gasteiger partial charge is 0.508 e. The smallest absolute Gasteiger partial charge is 0.116 e. The van der Waals surface area contributed by atoms with E-state index in [-0.39, 0.29) is 0 Å². The first kappa shape index (κ1) is 19.1. The van der Waals surface area contributed by atoms with E-state index in [2.05, 4.69) is 27.3 Å². The third-order valence-corrected chi connectivity index (χ3v) is 6.65. The molecular formula is C25H29N3O2. The molecule has 5 rings (SSSR count). The molecule has 30 heavy (non-hydrogen) atoms. The lowest BCUT2D eigenvalue weighted by atomic mass is 9.89. The normalized spacial score (nSPS) is 16.0. The number of aromatic hydroxyl groups is 2. The summed E-state index contributed by atoms with van der Waals surface area (Å²) in [6.45, 7) is 3.42. The van der Waals surface area contributed by atoms with Crippen molar-refractivity contribution in [3.63, 3.8) is 0 Å². The number of H-pyrrole nitrogens is 2. The summed E-state index contributed by atoms with van der Waals surface area (Å²) in [5.41, 5.74) is 4.84. The molecule has 5 nitrogen and oxygen atoms in total. The molecule has 1 fully saturated rings. The molecule has 5 heteroatoms. The van der Waals surface area contributed by atoms with Crippen molar-refractivity contribution in [3.05, 3.63) is 59.9 Å². The van der Waals surface area contributed by atoms with Gasteiger partial charge in [0.1, 0.15) is 11.5 Å². The van der Waals surface area contributed by atoms with Gasteiger partial charge in [0.2, 0.25) is 0 Å². The number of aromatic nitrogens is 2. The number of piperidine rings is 1. The van der Waals surface area contributed by atoms with Gasteiger partial charge >= 0.3 is 0 Å². The topological polar surface area (TPSA) is 75.3 Å². The Hall–Kier alpha value is -2.92. The molecule has 0 bridgehead atoms. The van der Waals surface area contributed by atoms with Gasteiger partial charge in [-0.15, -0.1) is 0 Å². The zero-order chi connectivity index (χ0) is 20.5. The lowest BCUT2D eigenvalue weighted by molar-refractivity contribution is 0.209. The fourth-order valence-electron chi connectivity index (χ4n) is 4.96. The number of rotatable bonds is 6. The zero-order valence-corrected chi connectivity index (χ0v) is 17.2. The van der Waals surface area contributed by atoms with Crippen LogP contribution in [0, 0.1) is 0 Å². The second-order valence-electron chi connectivity index (χ2n) is 8.59. The predicted molar refractivity (Wildman–Crippen MR) is 121 cm³/mol. The van der Waals surface area contributed by atoms with Crippen LogP contribution in [0.2, 0.25) is 0 Å². The van der Waals surface area contributed by atoms with Crippen molar-refractivity contribution in [1.82, 2.24) is 14.9 Å². The van der Waals surface area contributed by atoms with E-state index in [0.717, 1.165) is 48.9 Å². The van der Waals surface area contributed by atoms with Gasteiger partial charge in [0.05, 0.1) is 0 Å². The molecular weight excluding hydrogens is 374 g/mol. The highest BCUT2D eigenvalue weighted by Crippen LogP contribution is 2.34. The molecule has 1 aliphatic rings. The zero-order valence-electron chi connectivity index (χ0n) is 17.2. The lowest BCUT2D eigenvalue weighted by Gasteiger charge is -2.32. The van der Waals surface area contributed by atoms with Crippen LogP contribution < -0.4 is 0 Å². The van der Waals surface area contributed by atoms with Crippen LogP contribution in [-0.2, 0) is 6.42 Å². The van der Waals surface area contributed by atoms with Gasteiger partial charge in [-0.05, 0) is 105 Å². The number of aryl methyl sites for hydroxylation is 1. The highest BCUT2D eigenvalue weighted by Gasteiger charge is 2.22. The first-order valence-electron chi connectivity index (χ1n) is 11.0. The van der Waals surface area contributed by atoms with Crippen LogP contribution in [0.1, 0.15) is 42.7 Å². The average molecular weight is 404 g/mol. The van der Waals surface area contributed by atoms with Gasteiger partial charge in [-0.25, -0.2) is 0 Å². The number of hydrogen-bond donors (Lipinski definition) is 4. The first-order chi connectivity index (χ1) is 14.7. The summed E-state index contributed by atoms with van der Waals surface area (Å²) in [5.74, 6) is 1.23. The summed E-state index contributed by atoms with van der Waals surface area (Å²) in [6, 6.07) is 11.1. The third-order valence-electron chi connectivity index (χ3n) is 6.65. The molecule has 156 valence electrons. The highest BCUT2D eigenvalue weighted by molar-refractivity contribution is 5.85. The lowest BCUT2D eigenvalue weighted by Crippen LogP contribution is -2.33. The van der Waals surface area contributed by atoms with Crippen molar-refractivity contribution in [2.75, 3.05) is 19.6 Å². The number of unbranched alkanes of at least 4 members (excludes halogenated alkanes) is 1. The number of likely N-dealkylation sites (tertiary alicyclic amines) is 1. The maximum absolute atomic E-state index is 9.84. The maximum atomic E-state index is 9.84. The minimum Gasteiger partial charge on any atom is -0.508 e. The number of fused-ring (bicyclic) bond motifs is 2. The van der Waals surface area contributed by atoms with E-state index in [1.54, 1.807) is 12.1 Å². The number of benzene rings is 2. The Morgan fingerprint density at radius 2 is 1.50 bits per heavy atom. The van der Waals surface area contributed by atoms with Crippen molar-refractivity contribution in [3.8, 4) is 11.5 Å². The quantitative estimate of drug-likeness (QED) is 0.332. The van der Waals surface area contributed by atoms with Gasteiger partial charge in [-0.1, -0.05) is 0 Å². The number of hydrogen-bond acceptors (Lipinski definition) is 3. The van der Waals surface area contributed by atoms with Crippen LogP contribution in [0.25, 0.3) is 21.8 Å². The highest BCUT2D eigenvalue weighted by atomic mass is 16.3. The molecule has 0 saturated carbocycles. The number of nitrogens with one attached hydrogen (secondary N) is 2. The van der Waals surface area contributed by atoms with Crippen molar-refractivity contribution in [2.45, 2.75) is 38.0 Å². The van der Waals surface area contributed by atoms with E-state index in [0.29, 0.717) is 17.4 Å². The van der Waals surface area contributed by atoms with Crippen molar-refractivity contribution < 1.29 is 10.2 Å². The number of aromatic amines is 2. The van der Waals surface area contributed by atoms with Crippen LogP contribution in [0.5, 0.6) is 11.5 Å². The Labute approximate surface area is 176 Å². The maximum Gasteiger partial charge on any atom is 0.116 e. The van der Waals surface area contributed by atoms with E-state index in [1.165, 1.54) is 35.8 Å². The molecule has 4 aromatic rings.